The van der Waals surface area contributed by atoms with Crippen LogP contribution >= 0.6 is 11.3 Å². The van der Waals surface area contributed by atoms with Crippen LogP contribution < -0.4 is 19.6 Å². The Kier molecular flexibility index (Phi) is 8.09. The van der Waals surface area contributed by atoms with Gasteiger partial charge in [0.1, 0.15) is 5.75 Å². The molecule has 0 saturated carbocycles. The monoisotopic (exact) mass is 425 g/mol. The molecule has 0 fully saturated rings. The van der Waals surface area contributed by atoms with Crippen LogP contribution in [0.25, 0.3) is 11.3 Å². The summed E-state index contributed by atoms with van der Waals surface area (Å²) in [4.78, 5) is 4.58. The molecule has 30 heavy (non-hydrogen) atoms. The van der Waals surface area contributed by atoms with Crippen molar-refractivity contribution in [2.45, 2.75) is 26.2 Å². The second kappa shape index (κ2) is 11.2. The van der Waals surface area contributed by atoms with Crippen molar-refractivity contribution in [1.82, 2.24) is 4.98 Å². The first kappa shape index (κ1) is 21.6. The number of thiazole rings is 1. The molecule has 1 heterocycles. The third-order valence-corrected chi connectivity index (χ3v) is 5.18. The number of aromatic nitrogens is 1. The van der Waals surface area contributed by atoms with E-state index in [0.29, 0.717) is 17.5 Å². The summed E-state index contributed by atoms with van der Waals surface area (Å²) in [6.07, 6.45) is 5.10. The maximum absolute atomic E-state index is 5.82. The van der Waals surface area contributed by atoms with Gasteiger partial charge in [0.2, 0.25) is 5.13 Å². The van der Waals surface area contributed by atoms with Gasteiger partial charge >= 0.3 is 0 Å². The molecule has 158 valence electrons. The summed E-state index contributed by atoms with van der Waals surface area (Å²) in [7, 11) is 3.30. The van der Waals surface area contributed by atoms with Gasteiger partial charge in [-0.1, -0.05) is 31.9 Å². The SMILES string of the molecule is CCCCCOc1ccc(/C=N\Nc2nc(-c3cccc(OC)c3)cs2)cc1OC. The molecule has 2 aromatic carbocycles. The Labute approximate surface area is 181 Å². The highest BCUT2D eigenvalue weighted by atomic mass is 32.1. The van der Waals surface area contributed by atoms with E-state index in [1.807, 2.05) is 47.8 Å². The van der Waals surface area contributed by atoms with Gasteiger partial charge in [-0.2, -0.15) is 5.10 Å². The summed E-state index contributed by atoms with van der Waals surface area (Å²) < 4.78 is 16.5. The van der Waals surface area contributed by atoms with Crippen molar-refractivity contribution >= 4 is 22.7 Å². The van der Waals surface area contributed by atoms with E-state index < -0.39 is 0 Å². The summed E-state index contributed by atoms with van der Waals surface area (Å²) in [5, 5.41) is 7.00. The number of methoxy groups -OCH3 is 2. The average Bonchev–Trinajstić information content (AvgIpc) is 3.26. The fourth-order valence-electron chi connectivity index (χ4n) is 2.82. The number of benzene rings is 2. The van der Waals surface area contributed by atoms with Crippen molar-refractivity contribution in [3.05, 3.63) is 53.4 Å². The summed E-state index contributed by atoms with van der Waals surface area (Å²) >= 11 is 1.49. The standard InChI is InChI=1S/C23H27N3O3S/c1-4-5-6-12-29-21-11-10-17(13-22(21)28-3)15-24-26-23-25-20(16-30-23)18-8-7-9-19(14-18)27-2/h7-11,13-16H,4-6,12H2,1-3H3,(H,25,26)/b24-15-. The summed E-state index contributed by atoms with van der Waals surface area (Å²) in [5.74, 6) is 2.26. The molecule has 0 saturated heterocycles. The highest BCUT2D eigenvalue weighted by Gasteiger charge is 2.06. The fourth-order valence-corrected chi connectivity index (χ4v) is 3.49. The molecule has 0 unspecified atom stereocenters. The van der Waals surface area contributed by atoms with E-state index in [0.717, 1.165) is 41.2 Å². The molecule has 0 aliphatic heterocycles. The summed E-state index contributed by atoms with van der Waals surface area (Å²) in [5.41, 5.74) is 5.77. The van der Waals surface area contributed by atoms with E-state index in [1.165, 1.54) is 17.8 Å². The van der Waals surface area contributed by atoms with E-state index in [4.69, 9.17) is 14.2 Å². The second-order valence-electron chi connectivity index (χ2n) is 6.61. The van der Waals surface area contributed by atoms with Gasteiger partial charge in [0, 0.05) is 10.9 Å². The zero-order valence-electron chi connectivity index (χ0n) is 17.6. The molecule has 3 aromatic rings. The van der Waals surface area contributed by atoms with Crippen molar-refractivity contribution < 1.29 is 14.2 Å². The minimum atomic E-state index is 0.693. The van der Waals surface area contributed by atoms with Crippen molar-refractivity contribution in [2.75, 3.05) is 26.3 Å². The van der Waals surface area contributed by atoms with Crippen molar-refractivity contribution in [1.29, 1.82) is 0 Å². The van der Waals surface area contributed by atoms with Gasteiger partial charge in [0.05, 0.1) is 32.7 Å². The number of nitrogens with zero attached hydrogens (tertiary/aromatic N) is 2. The lowest BCUT2D eigenvalue weighted by molar-refractivity contribution is 0.286. The predicted octanol–water partition coefficient (Wildman–Crippen LogP) is 5.84. The molecule has 0 spiro atoms. The first-order valence-corrected chi connectivity index (χ1v) is 10.8. The van der Waals surface area contributed by atoms with Gasteiger partial charge < -0.3 is 14.2 Å². The maximum atomic E-state index is 5.82. The van der Waals surface area contributed by atoms with Crippen LogP contribution in [0, 0.1) is 0 Å². The fraction of sp³-hybridized carbons (Fsp3) is 0.304. The molecule has 0 atom stereocenters. The number of hydrazone groups is 1. The number of hydrogen-bond donors (Lipinski definition) is 1. The number of rotatable bonds is 11. The molecule has 6 nitrogen and oxygen atoms in total. The van der Waals surface area contributed by atoms with Crippen LogP contribution in [0.15, 0.2) is 52.9 Å². The first-order valence-electron chi connectivity index (χ1n) is 9.93. The zero-order valence-corrected chi connectivity index (χ0v) is 18.4. The average molecular weight is 426 g/mol. The molecule has 0 amide bonds. The van der Waals surface area contributed by atoms with Gasteiger partial charge in [-0.15, -0.1) is 11.3 Å². The van der Waals surface area contributed by atoms with Crippen LogP contribution in [0.1, 0.15) is 31.7 Å². The Hall–Kier alpha value is -3.06. The number of ether oxygens (including phenoxy) is 3. The Bertz CT molecular complexity index is 972. The highest BCUT2D eigenvalue weighted by Crippen LogP contribution is 2.29. The number of nitrogens with one attached hydrogen (secondary N) is 1. The normalized spacial score (nSPS) is 10.9. The van der Waals surface area contributed by atoms with Gasteiger partial charge in [0.15, 0.2) is 11.5 Å². The molecular formula is C23H27N3O3S. The van der Waals surface area contributed by atoms with E-state index in [9.17, 15) is 0 Å². The van der Waals surface area contributed by atoms with Crippen LogP contribution in [0.3, 0.4) is 0 Å². The Morgan fingerprint density at radius 3 is 2.77 bits per heavy atom. The number of hydrogen-bond acceptors (Lipinski definition) is 7. The lowest BCUT2D eigenvalue weighted by atomic mass is 10.2. The predicted molar refractivity (Wildman–Crippen MR) is 123 cm³/mol. The van der Waals surface area contributed by atoms with Crippen LogP contribution in [0.5, 0.6) is 17.2 Å². The minimum Gasteiger partial charge on any atom is -0.497 e. The van der Waals surface area contributed by atoms with E-state index in [1.54, 1.807) is 20.4 Å². The molecule has 7 heteroatoms. The van der Waals surface area contributed by atoms with Gasteiger partial charge in [-0.25, -0.2) is 4.98 Å². The lowest BCUT2D eigenvalue weighted by Crippen LogP contribution is -2.00. The topological polar surface area (TPSA) is 65.0 Å². The van der Waals surface area contributed by atoms with E-state index >= 15 is 0 Å². The van der Waals surface area contributed by atoms with E-state index in [-0.39, 0.29) is 0 Å². The van der Waals surface area contributed by atoms with Crippen molar-refractivity contribution in [3.63, 3.8) is 0 Å². The summed E-state index contributed by atoms with van der Waals surface area (Å²) in [6, 6.07) is 13.6. The quantitative estimate of drug-likeness (QED) is 0.237. The maximum Gasteiger partial charge on any atom is 0.203 e. The van der Waals surface area contributed by atoms with Gasteiger partial charge in [-0.05, 0) is 42.3 Å². The van der Waals surface area contributed by atoms with Crippen LogP contribution in [0.4, 0.5) is 5.13 Å². The number of anilines is 1. The van der Waals surface area contributed by atoms with Crippen LogP contribution in [0.2, 0.25) is 0 Å². The number of unbranched alkanes of at least 4 members (excludes halogenated alkanes) is 2. The van der Waals surface area contributed by atoms with Gasteiger partial charge in [0.25, 0.3) is 0 Å². The molecule has 1 aromatic heterocycles. The highest BCUT2D eigenvalue weighted by molar-refractivity contribution is 7.14. The molecule has 0 radical (unpaired) electrons. The third kappa shape index (κ3) is 5.97. The largest absolute Gasteiger partial charge is 0.497 e. The third-order valence-electron chi connectivity index (χ3n) is 4.44. The lowest BCUT2D eigenvalue weighted by Gasteiger charge is -2.11. The minimum absolute atomic E-state index is 0.693. The van der Waals surface area contributed by atoms with E-state index in [2.05, 4.69) is 22.4 Å². The molecule has 0 aliphatic rings. The van der Waals surface area contributed by atoms with Crippen LogP contribution in [-0.2, 0) is 0 Å². The molecule has 0 aliphatic carbocycles. The molecule has 0 bridgehead atoms. The smallest absolute Gasteiger partial charge is 0.203 e. The Morgan fingerprint density at radius 1 is 1.07 bits per heavy atom. The second-order valence-corrected chi connectivity index (χ2v) is 7.46. The van der Waals surface area contributed by atoms with Crippen molar-refractivity contribution in [2.24, 2.45) is 5.10 Å². The first-order chi connectivity index (χ1) is 14.7. The molecule has 1 N–H and O–H groups in total. The molecule has 3 rings (SSSR count). The van der Waals surface area contributed by atoms with Crippen LogP contribution in [-0.4, -0.2) is 32.0 Å². The zero-order chi connectivity index (χ0) is 21.2. The Balaban J connectivity index is 1.60. The molecular weight excluding hydrogens is 398 g/mol. The summed E-state index contributed by atoms with van der Waals surface area (Å²) in [6.45, 7) is 2.87. The van der Waals surface area contributed by atoms with Crippen molar-refractivity contribution in [3.8, 4) is 28.5 Å². The Morgan fingerprint density at radius 2 is 1.97 bits per heavy atom. The van der Waals surface area contributed by atoms with Gasteiger partial charge in [-0.3, -0.25) is 5.43 Å².